The van der Waals surface area contributed by atoms with Gasteiger partial charge in [0.1, 0.15) is 17.2 Å². The van der Waals surface area contributed by atoms with Crippen molar-refractivity contribution in [2.45, 2.75) is 79.0 Å². The van der Waals surface area contributed by atoms with E-state index in [0.29, 0.717) is 28.5 Å². The monoisotopic (exact) mass is 645 g/mol. The van der Waals surface area contributed by atoms with Gasteiger partial charge in [-0.05, 0) is 90.6 Å². The summed E-state index contributed by atoms with van der Waals surface area (Å²) in [6.07, 6.45) is 2.96. The zero-order chi connectivity index (χ0) is 34.3. The number of amides is 1. The van der Waals surface area contributed by atoms with E-state index in [4.69, 9.17) is 9.47 Å². The summed E-state index contributed by atoms with van der Waals surface area (Å²) in [4.78, 5) is 16.3. The van der Waals surface area contributed by atoms with Crippen molar-refractivity contribution >= 4 is 16.8 Å². The molecule has 9 nitrogen and oxygen atoms in total. The van der Waals surface area contributed by atoms with Crippen LogP contribution >= 0.6 is 0 Å². The molecule has 4 aromatic rings. The number of aromatic nitrogens is 1. The third-order valence-corrected chi connectivity index (χ3v) is 9.10. The molecule has 0 saturated carbocycles. The van der Waals surface area contributed by atoms with E-state index in [1.54, 1.807) is 12.1 Å². The molecular formula is C38H51N3O6. The molecule has 47 heavy (non-hydrogen) atoms. The van der Waals surface area contributed by atoms with Gasteiger partial charge in [-0.15, -0.1) is 0 Å². The van der Waals surface area contributed by atoms with E-state index in [0.717, 1.165) is 47.8 Å². The van der Waals surface area contributed by atoms with Gasteiger partial charge in [0.25, 0.3) is 5.91 Å². The Morgan fingerprint density at radius 3 is 2.38 bits per heavy atom. The number of methoxy groups -OCH3 is 2. The van der Waals surface area contributed by atoms with E-state index in [1.165, 1.54) is 20.3 Å². The number of hydrogen-bond donors (Lipinski definition) is 6. The average molecular weight is 646 g/mol. The van der Waals surface area contributed by atoms with Crippen molar-refractivity contribution < 1.29 is 29.6 Å². The van der Waals surface area contributed by atoms with E-state index in [-0.39, 0.29) is 53.7 Å². The molecule has 3 atom stereocenters. The molecule has 1 heterocycles. The number of aliphatic hydroxyl groups excluding tert-OH is 1. The number of carbonyl (C=O) groups is 1. The van der Waals surface area contributed by atoms with Gasteiger partial charge < -0.3 is 40.4 Å². The Labute approximate surface area is 278 Å². The zero-order valence-electron chi connectivity index (χ0n) is 28.7. The number of aromatic amines is 1. The van der Waals surface area contributed by atoms with Crippen molar-refractivity contribution in [2.24, 2.45) is 11.3 Å². The molecule has 4 rings (SSSR count). The van der Waals surface area contributed by atoms with Gasteiger partial charge in [-0.1, -0.05) is 46.2 Å². The van der Waals surface area contributed by atoms with Crippen molar-refractivity contribution in [3.63, 3.8) is 0 Å². The molecule has 0 aliphatic carbocycles. The Hall–Kier alpha value is -4.21. The second-order valence-electron chi connectivity index (χ2n) is 13.5. The highest BCUT2D eigenvalue weighted by molar-refractivity contribution is 5.98. The number of hydrogen-bond acceptors (Lipinski definition) is 7. The summed E-state index contributed by atoms with van der Waals surface area (Å²) < 4.78 is 10.7. The molecular weight excluding hydrogens is 594 g/mol. The third kappa shape index (κ3) is 8.58. The first-order chi connectivity index (χ1) is 22.4. The molecule has 9 heteroatoms. The Morgan fingerprint density at radius 2 is 1.72 bits per heavy atom. The normalized spacial score (nSPS) is 13.7. The molecule has 3 aromatic carbocycles. The molecule has 0 bridgehead atoms. The number of benzene rings is 3. The first-order valence-electron chi connectivity index (χ1n) is 16.4. The SMILES string of the molecule is CCCC(C(CNC(C)Cc1ccc2[nH]c(C(=O)NCc3c(OC)ccc(O)c3OC)cc2c1)c1ccc(O)c(CO)c1)C(C)(C)C. The van der Waals surface area contributed by atoms with Gasteiger partial charge in [-0.2, -0.15) is 0 Å². The van der Waals surface area contributed by atoms with Crippen LogP contribution < -0.4 is 20.1 Å². The average Bonchev–Trinajstić information content (AvgIpc) is 3.47. The summed E-state index contributed by atoms with van der Waals surface area (Å²) in [6, 6.07) is 17.0. The van der Waals surface area contributed by atoms with Crippen molar-refractivity contribution in [1.82, 2.24) is 15.6 Å². The number of rotatable bonds is 15. The van der Waals surface area contributed by atoms with Gasteiger partial charge in [-0.3, -0.25) is 4.79 Å². The minimum atomic E-state index is -0.282. The van der Waals surface area contributed by atoms with Crippen LogP contribution in [0, 0.1) is 11.3 Å². The summed E-state index contributed by atoms with van der Waals surface area (Å²) in [5.74, 6) is 1.19. The predicted molar refractivity (Wildman–Crippen MR) is 186 cm³/mol. The van der Waals surface area contributed by atoms with Crippen LogP contribution in [-0.2, 0) is 19.6 Å². The smallest absolute Gasteiger partial charge is 0.268 e. The molecule has 0 aliphatic rings. The fourth-order valence-electron chi connectivity index (χ4n) is 6.64. The van der Waals surface area contributed by atoms with Gasteiger partial charge >= 0.3 is 0 Å². The number of ether oxygens (including phenoxy) is 2. The molecule has 6 N–H and O–H groups in total. The summed E-state index contributed by atoms with van der Waals surface area (Å²) in [6.45, 7) is 12.0. The largest absolute Gasteiger partial charge is 0.508 e. The first kappa shape index (κ1) is 35.6. The Balaban J connectivity index is 1.46. The quantitative estimate of drug-likeness (QED) is 0.0838. The number of nitrogens with one attached hydrogen (secondary N) is 3. The predicted octanol–water partition coefficient (Wildman–Crippen LogP) is 6.79. The van der Waals surface area contributed by atoms with Crippen molar-refractivity contribution in [3.05, 3.63) is 82.5 Å². The van der Waals surface area contributed by atoms with Crippen LogP contribution in [0.5, 0.6) is 23.0 Å². The Morgan fingerprint density at radius 1 is 0.979 bits per heavy atom. The number of phenolic OH excluding ortho intramolecular Hbond substituents is 1. The summed E-state index contributed by atoms with van der Waals surface area (Å²) in [7, 11) is 2.99. The lowest BCUT2D eigenvalue weighted by molar-refractivity contribution is 0.0946. The second-order valence-corrected chi connectivity index (χ2v) is 13.5. The Kier molecular flexibility index (Phi) is 11.8. The number of aliphatic hydroxyl groups is 1. The molecule has 3 unspecified atom stereocenters. The molecule has 0 spiro atoms. The van der Waals surface area contributed by atoms with E-state index in [1.807, 2.05) is 24.3 Å². The number of aromatic hydroxyl groups is 2. The van der Waals surface area contributed by atoms with Gasteiger partial charge in [-0.25, -0.2) is 0 Å². The second kappa shape index (κ2) is 15.6. The minimum absolute atomic E-state index is 0.0268. The van der Waals surface area contributed by atoms with Gasteiger partial charge in [0.15, 0.2) is 11.5 Å². The summed E-state index contributed by atoms with van der Waals surface area (Å²) in [5, 5.41) is 37.8. The van der Waals surface area contributed by atoms with Gasteiger partial charge in [0, 0.05) is 29.1 Å². The van der Waals surface area contributed by atoms with Gasteiger partial charge in [0.05, 0.1) is 32.9 Å². The molecule has 0 saturated heterocycles. The molecule has 254 valence electrons. The van der Waals surface area contributed by atoms with Gasteiger partial charge in [0.2, 0.25) is 0 Å². The highest BCUT2D eigenvalue weighted by Crippen LogP contribution is 2.42. The van der Waals surface area contributed by atoms with Crippen LogP contribution in [0.2, 0.25) is 0 Å². The number of carbonyl (C=O) groups excluding carboxylic acids is 1. The Bertz CT molecular complexity index is 1660. The van der Waals surface area contributed by atoms with E-state index in [9.17, 15) is 20.1 Å². The van der Waals surface area contributed by atoms with Crippen LogP contribution in [0.25, 0.3) is 10.9 Å². The fraction of sp³-hybridized carbons (Fsp3) is 0.447. The van der Waals surface area contributed by atoms with Crippen LogP contribution in [0.3, 0.4) is 0 Å². The van der Waals surface area contributed by atoms with E-state index < -0.39 is 0 Å². The lowest BCUT2D eigenvalue weighted by Crippen LogP contribution is -2.38. The molecule has 0 aliphatic heterocycles. The lowest BCUT2D eigenvalue weighted by atomic mass is 9.68. The first-order valence-corrected chi connectivity index (χ1v) is 16.4. The molecule has 0 fully saturated rings. The topological polar surface area (TPSA) is 136 Å². The minimum Gasteiger partial charge on any atom is -0.508 e. The van der Waals surface area contributed by atoms with Crippen LogP contribution in [0.4, 0.5) is 0 Å². The maximum atomic E-state index is 13.1. The highest BCUT2D eigenvalue weighted by Gasteiger charge is 2.33. The fourth-order valence-corrected chi connectivity index (χ4v) is 6.64. The van der Waals surface area contributed by atoms with Crippen LogP contribution in [-0.4, -0.2) is 53.0 Å². The maximum Gasteiger partial charge on any atom is 0.268 e. The van der Waals surface area contributed by atoms with Crippen LogP contribution in [0.1, 0.15) is 86.1 Å². The highest BCUT2D eigenvalue weighted by atomic mass is 16.5. The number of phenols is 2. The van der Waals surface area contributed by atoms with Crippen molar-refractivity contribution in [1.29, 1.82) is 0 Å². The van der Waals surface area contributed by atoms with Crippen LogP contribution in [0.15, 0.2) is 54.6 Å². The maximum absolute atomic E-state index is 13.1. The number of fused-ring (bicyclic) bond motifs is 1. The standard InChI is InChI=1S/C38H51N3O6/c1-8-9-30(38(3,4)5)28(25-11-13-33(43)27(18-25)22-42)20-39-23(2)16-24-10-12-31-26(17-24)19-32(41-31)37(45)40-21-29-35(46-6)15-14-34(44)36(29)47-7/h10-15,17-19,23,28,30,39,41-44H,8-9,16,20-22H2,1-7H3,(H,40,45). The molecule has 0 radical (unpaired) electrons. The third-order valence-electron chi connectivity index (χ3n) is 9.10. The summed E-state index contributed by atoms with van der Waals surface area (Å²) in [5.41, 5.74) is 4.76. The zero-order valence-corrected chi connectivity index (χ0v) is 28.7. The lowest BCUT2D eigenvalue weighted by Gasteiger charge is -2.38. The van der Waals surface area contributed by atoms with Crippen molar-refractivity contribution in [3.8, 4) is 23.0 Å². The number of H-pyrrole nitrogens is 1. The van der Waals surface area contributed by atoms with E-state index >= 15 is 0 Å². The molecule has 1 aromatic heterocycles. The van der Waals surface area contributed by atoms with Crippen molar-refractivity contribution in [2.75, 3.05) is 20.8 Å². The molecule has 1 amide bonds. The summed E-state index contributed by atoms with van der Waals surface area (Å²) >= 11 is 0. The van der Waals surface area contributed by atoms with E-state index in [2.05, 4.69) is 62.4 Å².